The molecule has 0 amide bonds. The van der Waals surface area contributed by atoms with Gasteiger partial charge in [0.25, 0.3) is 0 Å². The van der Waals surface area contributed by atoms with Crippen LogP contribution in [-0.4, -0.2) is 29.5 Å². The van der Waals surface area contributed by atoms with Crippen LogP contribution >= 0.6 is 0 Å². The molecule has 14 rings (SSSR count). The average molecular weight is 885 g/mol. The van der Waals surface area contributed by atoms with E-state index in [1.165, 1.54) is 43.4 Å². The number of fused-ring (bicyclic) bond motifs is 7. The smallest absolute Gasteiger partial charge is 0.227 e. The van der Waals surface area contributed by atoms with Crippen LogP contribution in [0.2, 0.25) is 0 Å². The van der Waals surface area contributed by atoms with Crippen molar-refractivity contribution >= 4 is 65.6 Å². The molecule has 0 saturated carbocycles. The number of benzene rings is 10. The molecule has 4 heterocycles. The van der Waals surface area contributed by atoms with Crippen LogP contribution in [0.3, 0.4) is 0 Å². The van der Waals surface area contributed by atoms with Crippen molar-refractivity contribution in [2.24, 2.45) is 0 Å². The lowest BCUT2D eigenvalue weighted by Crippen LogP contribution is -2.00. The molecule has 14 aromatic rings. The van der Waals surface area contributed by atoms with Crippen LogP contribution in [-0.2, 0) is 0 Å². The number of hydrogen-bond donors (Lipinski definition) is 0. The molecule has 0 saturated heterocycles. The first-order valence-corrected chi connectivity index (χ1v) is 22.9. The van der Waals surface area contributed by atoms with Crippen molar-refractivity contribution in [1.29, 1.82) is 0 Å². The van der Waals surface area contributed by atoms with Crippen molar-refractivity contribution in [3.8, 4) is 73.9 Å². The highest BCUT2D eigenvalue weighted by atomic mass is 16.4. The van der Waals surface area contributed by atoms with Crippen molar-refractivity contribution in [3.05, 3.63) is 218 Å². The number of aromatic nitrogens is 6. The maximum absolute atomic E-state index is 6.07. The second-order valence-electron chi connectivity index (χ2n) is 17.3. The van der Waals surface area contributed by atoms with Crippen molar-refractivity contribution in [2.75, 3.05) is 0 Å². The molecule has 0 aliphatic carbocycles. The molecule has 0 fully saturated rings. The Morgan fingerprint density at radius 1 is 0.290 bits per heavy atom. The van der Waals surface area contributed by atoms with E-state index in [9.17, 15) is 0 Å². The minimum atomic E-state index is 0.550. The third-order valence-electron chi connectivity index (χ3n) is 13.1. The minimum absolute atomic E-state index is 0.550. The van der Waals surface area contributed by atoms with E-state index in [-0.39, 0.29) is 0 Å². The molecule has 10 aromatic carbocycles. The number of nitrogens with zero attached hydrogens (tertiary/aromatic N) is 6. The highest BCUT2D eigenvalue weighted by Crippen LogP contribution is 2.38. The van der Waals surface area contributed by atoms with Crippen LogP contribution < -0.4 is 0 Å². The lowest BCUT2D eigenvalue weighted by molar-refractivity contribution is 0.619. The summed E-state index contributed by atoms with van der Waals surface area (Å²) in [5.41, 5.74) is 13.1. The number of hydrogen-bond acceptors (Lipinski definition) is 7. The van der Waals surface area contributed by atoms with E-state index in [0.29, 0.717) is 29.3 Å². The lowest BCUT2D eigenvalue weighted by Gasteiger charge is -2.11. The minimum Gasteiger partial charge on any atom is -0.436 e. The third-order valence-corrected chi connectivity index (χ3v) is 13.1. The zero-order chi connectivity index (χ0) is 45.4. The van der Waals surface area contributed by atoms with E-state index in [1.54, 1.807) is 0 Å². The first-order chi connectivity index (χ1) is 34.1. The lowest BCUT2D eigenvalue weighted by atomic mass is 9.99. The van der Waals surface area contributed by atoms with Crippen LogP contribution in [0, 0.1) is 0 Å². The molecule has 0 N–H and O–H groups in total. The summed E-state index contributed by atoms with van der Waals surface area (Å²) in [6.45, 7) is 0. The summed E-state index contributed by atoms with van der Waals surface area (Å²) in [4.78, 5) is 24.6. The Morgan fingerprint density at radius 2 is 0.768 bits per heavy atom. The fraction of sp³-hybridized carbons (Fsp3) is 0. The summed E-state index contributed by atoms with van der Waals surface area (Å²) < 4.78 is 14.5. The highest BCUT2D eigenvalue weighted by Gasteiger charge is 2.17. The van der Waals surface area contributed by atoms with Gasteiger partial charge in [-0.1, -0.05) is 133 Å². The van der Waals surface area contributed by atoms with Crippen LogP contribution in [0.1, 0.15) is 0 Å². The van der Waals surface area contributed by atoms with Gasteiger partial charge in [-0.05, 0) is 118 Å². The molecule has 8 heteroatoms. The maximum Gasteiger partial charge on any atom is 0.227 e. The first kappa shape index (κ1) is 38.7. The molecule has 8 nitrogen and oxygen atoms in total. The van der Waals surface area contributed by atoms with Crippen LogP contribution in [0.15, 0.2) is 227 Å². The normalized spacial score (nSPS) is 11.8. The van der Waals surface area contributed by atoms with Gasteiger partial charge >= 0.3 is 0 Å². The summed E-state index contributed by atoms with van der Waals surface area (Å²) >= 11 is 0. The molecule has 4 aromatic heterocycles. The zero-order valence-electron chi connectivity index (χ0n) is 36.8. The third kappa shape index (κ3) is 6.73. The van der Waals surface area contributed by atoms with Gasteiger partial charge < -0.3 is 13.4 Å². The summed E-state index contributed by atoms with van der Waals surface area (Å²) in [5, 5.41) is 7.27. The molecule has 0 aliphatic rings. The predicted octanol–water partition coefficient (Wildman–Crippen LogP) is 15.6. The molecule has 0 radical (unpaired) electrons. The first-order valence-electron chi connectivity index (χ1n) is 22.9. The van der Waals surface area contributed by atoms with Gasteiger partial charge in [0, 0.05) is 44.3 Å². The Balaban J connectivity index is 0.822. The summed E-state index contributed by atoms with van der Waals surface area (Å²) in [7, 11) is 0. The fourth-order valence-corrected chi connectivity index (χ4v) is 9.58. The van der Waals surface area contributed by atoms with E-state index in [0.717, 1.165) is 66.8 Å². The van der Waals surface area contributed by atoms with E-state index in [4.69, 9.17) is 33.8 Å². The average Bonchev–Trinajstić information content (AvgIpc) is 4.14. The van der Waals surface area contributed by atoms with E-state index >= 15 is 0 Å². The zero-order valence-corrected chi connectivity index (χ0v) is 36.8. The van der Waals surface area contributed by atoms with E-state index in [2.05, 4.69) is 126 Å². The second-order valence-corrected chi connectivity index (χ2v) is 17.3. The monoisotopic (exact) mass is 884 g/mol. The quantitative estimate of drug-likeness (QED) is 0.157. The molecule has 0 bridgehead atoms. The topological polar surface area (TPSA) is 95.7 Å². The Bertz CT molecular complexity index is 4100. The van der Waals surface area contributed by atoms with Gasteiger partial charge in [-0.25, -0.2) is 24.9 Å². The Kier molecular flexibility index (Phi) is 8.72. The molecular weight excluding hydrogens is 849 g/mol. The molecule has 0 aliphatic heterocycles. The van der Waals surface area contributed by atoms with Crippen LogP contribution in [0.25, 0.3) is 139 Å². The van der Waals surface area contributed by atoms with Crippen LogP contribution in [0.5, 0.6) is 0 Å². The molecule has 69 heavy (non-hydrogen) atoms. The van der Waals surface area contributed by atoms with Gasteiger partial charge in [0.1, 0.15) is 11.0 Å². The molecular formula is C61H36N6O2. The Morgan fingerprint density at radius 3 is 1.38 bits per heavy atom. The van der Waals surface area contributed by atoms with Crippen molar-refractivity contribution < 1.29 is 8.83 Å². The molecule has 0 atom stereocenters. The van der Waals surface area contributed by atoms with Gasteiger partial charge in [0.15, 0.2) is 28.6 Å². The number of oxazole rings is 2. The fourth-order valence-electron chi connectivity index (χ4n) is 9.58. The standard InChI is InChI=1S/C61H36N6O2/c1-2-10-44-34-48(32-31-37(44)9-1)67-53-14-6-3-11-49(53)50-35-47-33-45(29-30-46(47)36-54(50)67)38-17-19-39(20-18-38)57-64-58(40-21-25-42(26-22-40)60-62-51-12-4-7-15-55(51)68-60)66-59(65-57)41-23-27-43(28-24-41)61-63-52-13-5-8-16-56(52)69-61/h1-36H. The molecule has 0 spiro atoms. The highest BCUT2D eigenvalue weighted by molar-refractivity contribution is 6.14. The maximum atomic E-state index is 6.07. The van der Waals surface area contributed by atoms with Crippen molar-refractivity contribution in [2.45, 2.75) is 0 Å². The number of rotatable bonds is 7. The largest absolute Gasteiger partial charge is 0.436 e. The van der Waals surface area contributed by atoms with Gasteiger partial charge in [-0.2, -0.15) is 0 Å². The molecule has 0 unspecified atom stereocenters. The summed E-state index contributed by atoms with van der Waals surface area (Å²) in [5.74, 6) is 2.78. The second kappa shape index (κ2) is 15.5. The van der Waals surface area contributed by atoms with Crippen molar-refractivity contribution in [3.63, 3.8) is 0 Å². The summed E-state index contributed by atoms with van der Waals surface area (Å²) in [6.07, 6.45) is 0. The van der Waals surface area contributed by atoms with E-state index < -0.39 is 0 Å². The Hall–Kier alpha value is -9.53. The molecule has 322 valence electrons. The van der Waals surface area contributed by atoms with Gasteiger partial charge in [-0.15, -0.1) is 0 Å². The van der Waals surface area contributed by atoms with Crippen molar-refractivity contribution in [1.82, 2.24) is 29.5 Å². The van der Waals surface area contributed by atoms with Gasteiger partial charge in [-0.3, -0.25) is 0 Å². The summed E-state index contributed by atoms with van der Waals surface area (Å²) in [6, 6.07) is 75.4. The number of para-hydroxylation sites is 5. The SMILES string of the molecule is c1ccc2cc(-n3c4ccccc4c4cc5cc(-c6ccc(-c7nc(-c8ccc(-c9nc%10ccccc%10o9)cc8)nc(-c8ccc(-c9nc%10ccccc%10o9)cc8)n7)cc6)ccc5cc43)ccc2c1. The predicted molar refractivity (Wildman–Crippen MR) is 277 cm³/mol. The Labute approximate surface area is 394 Å². The van der Waals surface area contributed by atoms with Gasteiger partial charge in [0.05, 0.1) is 11.0 Å². The van der Waals surface area contributed by atoms with E-state index in [1.807, 2.05) is 97.1 Å². The van der Waals surface area contributed by atoms with Gasteiger partial charge in [0.2, 0.25) is 11.8 Å². The van der Waals surface area contributed by atoms with Crippen LogP contribution in [0.4, 0.5) is 0 Å².